The van der Waals surface area contributed by atoms with Gasteiger partial charge in [0.05, 0.1) is 27.7 Å². The Balaban J connectivity index is 1.89. The van der Waals surface area contributed by atoms with Gasteiger partial charge in [0.15, 0.2) is 12.3 Å². The molecule has 2 aromatic rings. The number of hydrogen-bond donors (Lipinski definition) is 1. The summed E-state index contributed by atoms with van der Waals surface area (Å²) >= 11 is 18.5. The normalized spacial score (nSPS) is 26.4. The van der Waals surface area contributed by atoms with Gasteiger partial charge in [0.25, 0.3) is 0 Å². The topological polar surface area (TPSA) is 82.8 Å². The van der Waals surface area contributed by atoms with E-state index < -0.39 is 30.5 Å². The van der Waals surface area contributed by atoms with Crippen molar-refractivity contribution in [2.45, 2.75) is 51.2 Å². The van der Waals surface area contributed by atoms with E-state index in [0.29, 0.717) is 27.5 Å². The number of nitrogens with zero attached hydrogens (tertiary/aromatic N) is 2. The average molecular weight is 453 g/mol. The molecule has 154 valence electrons. The lowest BCUT2D eigenvalue weighted by molar-refractivity contribution is -0.154. The molecule has 1 aliphatic rings. The fourth-order valence-electron chi connectivity index (χ4n) is 3.09. The maximum atomic E-state index is 11.5. The summed E-state index contributed by atoms with van der Waals surface area (Å²) in [6, 6.07) is 3.14. The molecule has 3 rings (SSSR count). The summed E-state index contributed by atoms with van der Waals surface area (Å²) in [6.07, 6.45) is -3.66. The Morgan fingerprint density at radius 2 is 2.11 bits per heavy atom. The van der Waals surface area contributed by atoms with Gasteiger partial charge in [0, 0.05) is 14.9 Å². The summed E-state index contributed by atoms with van der Waals surface area (Å²) in [5.74, 6) is -0.563. The van der Waals surface area contributed by atoms with Crippen molar-refractivity contribution < 1.29 is 25.5 Å². The molecule has 1 saturated heterocycles. The Morgan fingerprint density at radius 3 is 2.79 bits per heavy atom. The molecule has 1 aromatic carbocycles. The van der Waals surface area contributed by atoms with Crippen LogP contribution in [0.3, 0.4) is 0 Å². The molecule has 0 spiro atoms. The van der Waals surface area contributed by atoms with Gasteiger partial charge < -0.3 is 19.3 Å². The van der Waals surface area contributed by atoms with Gasteiger partial charge in [-0.25, -0.2) is 4.98 Å². The van der Waals surface area contributed by atoms with E-state index in [0.717, 1.165) is 0 Å². The molecule has 0 amide bonds. The number of rotatable bonds is 7. The van der Waals surface area contributed by atoms with Crippen LogP contribution in [-0.2, 0) is 19.0 Å². The molecule has 10 heteroatoms. The standard InChI is InChI=1S/C18H21Cl3N2O5/c1-3-4-5-26-8-14-16(27-9(2)24)15(25)17(28-14)23-13-7-11(20)10(19)6-12(13)22-18(23)21/h6-7,14-17,25H,3-5,8H2,1-2H3/t14-,15-,16-,17?/m1/s1/i4D/t4?,14-,15-,16-,17?. The fourth-order valence-corrected chi connectivity index (χ4v) is 3.69. The Hall–Kier alpha value is -1.09. The molecule has 0 radical (unpaired) electrons. The molecule has 1 fully saturated rings. The van der Waals surface area contributed by atoms with Gasteiger partial charge in [-0.05, 0) is 30.1 Å². The van der Waals surface area contributed by atoms with Gasteiger partial charge in [-0.1, -0.05) is 36.5 Å². The van der Waals surface area contributed by atoms with Crippen molar-refractivity contribution in [1.82, 2.24) is 9.55 Å². The number of esters is 1. The smallest absolute Gasteiger partial charge is 0.303 e. The van der Waals surface area contributed by atoms with Gasteiger partial charge in [0.1, 0.15) is 12.2 Å². The molecule has 7 nitrogen and oxygen atoms in total. The molecule has 0 aliphatic carbocycles. The highest BCUT2D eigenvalue weighted by Crippen LogP contribution is 2.38. The summed E-state index contributed by atoms with van der Waals surface area (Å²) in [5, 5.41) is 11.5. The lowest BCUT2D eigenvalue weighted by Crippen LogP contribution is -2.38. The van der Waals surface area contributed by atoms with Crippen molar-refractivity contribution in [3.05, 3.63) is 27.5 Å². The molecule has 1 aromatic heterocycles. The van der Waals surface area contributed by atoms with E-state index in [1.165, 1.54) is 11.5 Å². The number of benzene rings is 1. The van der Waals surface area contributed by atoms with Crippen LogP contribution in [0.2, 0.25) is 15.3 Å². The second kappa shape index (κ2) is 9.15. The number of halogens is 3. The van der Waals surface area contributed by atoms with E-state index in [1.807, 2.05) is 6.92 Å². The molecular weight excluding hydrogens is 431 g/mol. The monoisotopic (exact) mass is 451 g/mol. The van der Waals surface area contributed by atoms with Crippen LogP contribution in [0, 0.1) is 0 Å². The summed E-state index contributed by atoms with van der Waals surface area (Å²) in [6.45, 7) is 3.37. The second-order valence-corrected chi connectivity index (χ2v) is 7.52. The lowest BCUT2D eigenvalue weighted by Gasteiger charge is -2.20. The van der Waals surface area contributed by atoms with Crippen molar-refractivity contribution >= 4 is 51.8 Å². The van der Waals surface area contributed by atoms with Gasteiger partial charge in [-0.15, -0.1) is 0 Å². The molecule has 5 atom stereocenters. The molecule has 2 unspecified atom stereocenters. The van der Waals surface area contributed by atoms with Crippen LogP contribution in [0.5, 0.6) is 0 Å². The van der Waals surface area contributed by atoms with Crippen LogP contribution >= 0.6 is 34.8 Å². The number of carbonyl (C=O) groups excluding carboxylic acids is 1. The van der Waals surface area contributed by atoms with Gasteiger partial charge >= 0.3 is 5.97 Å². The summed E-state index contributed by atoms with van der Waals surface area (Å²) in [4.78, 5) is 15.8. The molecule has 2 heterocycles. The van der Waals surface area contributed by atoms with E-state index in [-0.39, 0.29) is 24.9 Å². The largest absolute Gasteiger partial charge is 0.457 e. The first-order chi connectivity index (χ1) is 13.7. The van der Waals surface area contributed by atoms with Crippen LogP contribution in [0.25, 0.3) is 11.0 Å². The number of carbonyl (C=O) groups is 1. The van der Waals surface area contributed by atoms with Gasteiger partial charge in [-0.3, -0.25) is 9.36 Å². The highest BCUT2D eigenvalue weighted by molar-refractivity contribution is 6.42. The highest BCUT2D eigenvalue weighted by Gasteiger charge is 2.48. The predicted octanol–water partition coefficient (Wildman–Crippen LogP) is 4.00. The van der Waals surface area contributed by atoms with Crippen molar-refractivity contribution in [3.8, 4) is 0 Å². The third kappa shape index (κ3) is 4.40. The number of ether oxygens (including phenoxy) is 3. The van der Waals surface area contributed by atoms with E-state index in [4.69, 9.17) is 50.4 Å². The fraction of sp³-hybridized carbons (Fsp3) is 0.556. The zero-order valence-corrected chi connectivity index (χ0v) is 17.5. The Bertz CT molecular complexity index is 896. The van der Waals surface area contributed by atoms with Crippen LogP contribution in [0.4, 0.5) is 0 Å². The summed E-state index contributed by atoms with van der Waals surface area (Å²) in [7, 11) is 0. The van der Waals surface area contributed by atoms with Crippen molar-refractivity contribution in [1.29, 1.82) is 0 Å². The first-order valence-corrected chi connectivity index (χ1v) is 9.89. The van der Waals surface area contributed by atoms with Crippen LogP contribution in [0.1, 0.15) is 34.3 Å². The number of aliphatic hydroxyl groups excluding tert-OH is 1. The second-order valence-electron chi connectivity index (χ2n) is 6.37. The molecule has 1 N–H and O–H groups in total. The third-order valence-corrected chi connectivity index (χ3v) is 5.35. The maximum absolute atomic E-state index is 11.5. The molecule has 28 heavy (non-hydrogen) atoms. The van der Waals surface area contributed by atoms with E-state index in [2.05, 4.69) is 4.98 Å². The third-order valence-electron chi connectivity index (χ3n) is 4.36. The van der Waals surface area contributed by atoms with E-state index >= 15 is 0 Å². The van der Waals surface area contributed by atoms with Gasteiger partial charge in [0.2, 0.25) is 5.28 Å². The number of fused-ring (bicyclic) bond motifs is 1. The first kappa shape index (κ1) is 20.2. The predicted molar refractivity (Wildman–Crippen MR) is 106 cm³/mol. The minimum absolute atomic E-state index is 0.0394. The quantitative estimate of drug-likeness (QED) is 0.639. The van der Waals surface area contributed by atoms with Crippen LogP contribution in [-0.4, -0.2) is 52.2 Å². The average Bonchev–Trinajstić information content (AvgIpc) is 3.11. The van der Waals surface area contributed by atoms with E-state index in [9.17, 15) is 9.90 Å². The molecule has 0 bridgehead atoms. The summed E-state index contributed by atoms with van der Waals surface area (Å²) < 4.78 is 26.0. The van der Waals surface area contributed by atoms with Crippen molar-refractivity contribution in [3.63, 3.8) is 0 Å². The zero-order valence-electron chi connectivity index (χ0n) is 16.3. The number of imidazole rings is 1. The number of aromatic nitrogens is 2. The van der Waals surface area contributed by atoms with E-state index in [1.54, 1.807) is 12.1 Å². The minimum Gasteiger partial charge on any atom is -0.457 e. The van der Waals surface area contributed by atoms with Gasteiger partial charge in [-0.2, -0.15) is 0 Å². The maximum Gasteiger partial charge on any atom is 0.303 e. The lowest BCUT2D eigenvalue weighted by atomic mass is 10.1. The Kier molecular flexibility index (Phi) is 6.60. The van der Waals surface area contributed by atoms with Crippen LogP contribution < -0.4 is 0 Å². The minimum atomic E-state index is -1.23. The van der Waals surface area contributed by atoms with Crippen molar-refractivity contribution in [2.75, 3.05) is 13.2 Å². The summed E-state index contributed by atoms with van der Waals surface area (Å²) in [5.41, 5.74) is 0.984. The molecular formula is C18H21Cl3N2O5. The SMILES string of the molecule is [2H]C(CC)COC[C@H]1OC(n2c(Cl)nc3cc(Cl)c(Cl)cc32)[C@H](O)[C@@H]1OC(C)=O. The Morgan fingerprint density at radius 1 is 1.39 bits per heavy atom. The molecule has 1 aliphatic heterocycles. The number of hydrogen-bond acceptors (Lipinski definition) is 6. The first-order valence-electron chi connectivity index (χ1n) is 9.33. The zero-order chi connectivity index (χ0) is 21.3. The molecule has 0 saturated carbocycles. The van der Waals surface area contributed by atoms with Crippen LogP contribution in [0.15, 0.2) is 12.1 Å². The highest BCUT2D eigenvalue weighted by atomic mass is 35.5. The Labute approximate surface area is 178 Å². The van der Waals surface area contributed by atoms with Crippen molar-refractivity contribution in [2.24, 2.45) is 0 Å². The number of aliphatic hydroxyl groups is 1.